The molecule has 3 rings (SSSR count). The lowest BCUT2D eigenvalue weighted by Crippen LogP contribution is -2.33. The normalized spacial score (nSPS) is 20.7. The van der Waals surface area contributed by atoms with Crippen LogP contribution in [0.5, 0.6) is 0 Å². The molecule has 0 aliphatic carbocycles. The van der Waals surface area contributed by atoms with Gasteiger partial charge >= 0.3 is 0 Å². The third kappa shape index (κ3) is 3.64. The van der Waals surface area contributed by atoms with Gasteiger partial charge in [0, 0.05) is 38.7 Å². The highest BCUT2D eigenvalue weighted by atomic mass is 32.2. The summed E-state index contributed by atoms with van der Waals surface area (Å²) >= 11 is 0. The van der Waals surface area contributed by atoms with Crippen LogP contribution >= 0.6 is 0 Å². The van der Waals surface area contributed by atoms with Crippen molar-refractivity contribution in [2.75, 3.05) is 32.9 Å². The molecular formula is C17H21N3O5S. The Kier molecular flexibility index (Phi) is 5.12. The van der Waals surface area contributed by atoms with Crippen LogP contribution in [0.3, 0.4) is 0 Å². The van der Waals surface area contributed by atoms with Gasteiger partial charge < -0.3 is 14.5 Å². The molecule has 1 amide bonds. The Morgan fingerprint density at radius 2 is 2.00 bits per heavy atom. The second-order valence-corrected chi connectivity index (χ2v) is 8.76. The summed E-state index contributed by atoms with van der Waals surface area (Å²) in [7, 11) is -0.570. The zero-order chi connectivity index (χ0) is 18.9. The number of likely N-dealkylation sites (tertiary alicyclic amines) is 1. The standard InChI is InChI=1S/C17H21N3O5S/c1-19(2)26(23,24)11-13-9-20(10-15(13)21)17(22)14-8-18-25-16(14)12-6-4-3-5-7-12/h3-8,13,15,21H,9-11H2,1-2H3/t13-,15-/m0/s1. The maximum absolute atomic E-state index is 12.8. The van der Waals surface area contributed by atoms with Crippen molar-refractivity contribution >= 4 is 15.9 Å². The minimum absolute atomic E-state index is 0.0753. The summed E-state index contributed by atoms with van der Waals surface area (Å²) in [6, 6.07) is 9.13. The van der Waals surface area contributed by atoms with Crippen LogP contribution in [0, 0.1) is 5.92 Å². The van der Waals surface area contributed by atoms with Gasteiger partial charge in [0.2, 0.25) is 10.0 Å². The Hall–Kier alpha value is -2.23. The Morgan fingerprint density at radius 3 is 2.65 bits per heavy atom. The van der Waals surface area contributed by atoms with Gasteiger partial charge in [-0.2, -0.15) is 0 Å². The van der Waals surface area contributed by atoms with Crippen LogP contribution in [0.15, 0.2) is 41.1 Å². The molecule has 2 heterocycles. The molecule has 2 aromatic rings. The van der Waals surface area contributed by atoms with E-state index in [9.17, 15) is 18.3 Å². The monoisotopic (exact) mass is 379 g/mol. The molecule has 0 unspecified atom stereocenters. The molecule has 0 bridgehead atoms. The van der Waals surface area contributed by atoms with Crippen molar-refractivity contribution in [2.24, 2.45) is 5.92 Å². The fourth-order valence-electron chi connectivity index (χ4n) is 2.96. The van der Waals surface area contributed by atoms with E-state index in [1.54, 1.807) is 0 Å². The number of hydrogen-bond acceptors (Lipinski definition) is 6. The predicted octanol–water partition coefficient (Wildman–Crippen LogP) is 0.666. The lowest BCUT2D eigenvalue weighted by molar-refractivity contribution is 0.0765. The van der Waals surface area contributed by atoms with Crippen molar-refractivity contribution in [1.29, 1.82) is 0 Å². The third-order valence-corrected chi connectivity index (χ3v) is 6.47. The summed E-state index contributed by atoms with van der Waals surface area (Å²) in [4.78, 5) is 14.3. The molecular weight excluding hydrogens is 358 g/mol. The first kappa shape index (κ1) is 18.6. The number of nitrogens with zero attached hydrogens (tertiary/aromatic N) is 3. The largest absolute Gasteiger partial charge is 0.391 e. The molecule has 1 aromatic heterocycles. The summed E-state index contributed by atoms with van der Waals surface area (Å²) < 4.78 is 30.5. The van der Waals surface area contributed by atoms with Crippen molar-refractivity contribution in [3.63, 3.8) is 0 Å². The SMILES string of the molecule is CN(C)S(=O)(=O)C[C@@H]1CN(C(=O)c2cnoc2-c2ccccc2)C[C@@H]1O. The second kappa shape index (κ2) is 7.18. The molecule has 2 atom stereocenters. The third-order valence-electron chi connectivity index (χ3n) is 4.51. The number of hydrogen-bond donors (Lipinski definition) is 1. The quantitative estimate of drug-likeness (QED) is 0.819. The van der Waals surface area contributed by atoms with Crippen molar-refractivity contribution in [1.82, 2.24) is 14.4 Å². The van der Waals surface area contributed by atoms with Crippen LogP contribution in [0.25, 0.3) is 11.3 Å². The number of rotatable bonds is 5. The van der Waals surface area contributed by atoms with Crippen molar-refractivity contribution < 1.29 is 22.8 Å². The number of benzene rings is 1. The fraction of sp³-hybridized carbons (Fsp3) is 0.412. The first-order chi connectivity index (χ1) is 12.3. The Balaban J connectivity index is 1.78. The van der Waals surface area contributed by atoms with E-state index in [4.69, 9.17) is 4.52 Å². The summed E-state index contributed by atoms with van der Waals surface area (Å²) in [6.45, 7) is 0.234. The zero-order valence-electron chi connectivity index (χ0n) is 14.6. The molecule has 9 heteroatoms. The highest BCUT2D eigenvalue weighted by molar-refractivity contribution is 7.89. The number of aliphatic hydroxyl groups is 1. The smallest absolute Gasteiger partial charge is 0.259 e. The maximum atomic E-state index is 12.8. The Bertz CT molecular complexity index is 879. The molecule has 1 aliphatic heterocycles. The van der Waals surface area contributed by atoms with Crippen LogP contribution in [0.1, 0.15) is 10.4 Å². The topological polar surface area (TPSA) is 104 Å². The minimum atomic E-state index is -3.46. The lowest BCUT2D eigenvalue weighted by Gasteiger charge is -2.17. The minimum Gasteiger partial charge on any atom is -0.391 e. The van der Waals surface area contributed by atoms with E-state index in [2.05, 4.69) is 5.16 Å². The molecule has 0 radical (unpaired) electrons. The molecule has 8 nitrogen and oxygen atoms in total. The molecule has 1 N–H and O–H groups in total. The van der Waals surface area contributed by atoms with Gasteiger partial charge in [0.1, 0.15) is 5.56 Å². The summed E-state index contributed by atoms with van der Waals surface area (Å²) in [5.74, 6) is -0.727. The van der Waals surface area contributed by atoms with Gasteiger partial charge in [-0.3, -0.25) is 4.79 Å². The highest BCUT2D eigenvalue weighted by Gasteiger charge is 2.38. The fourth-order valence-corrected chi connectivity index (χ4v) is 4.13. The highest BCUT2D eigenvalue weighted by Crippen LogP contribution is 2.27. The average Bonchev–Trinajstić information content (AvgIpc) is 3.22. The maximum Gasteiger partial charge on any atom is 0.259 e. The van der Waals surface area contributed by atoms with Gasteiger partial charge in [0.25, 0.3) is 5.91 Å². The van der Waals surface area contributed by atoms with Crippen molar-refractivity contribution in [2.45, 2.75) is 6.10 Å². The first-order valence-electron chi connectivity index (χ1n) is 8.17. The molecule has 1 aromatic carbocycles. The van der Waals surface area contributed by atoms with Gasteiger partial charge in [-0.1, -0.05) is 35.5 Å². The first-order valence-corrected chi connectivity index (χ1v) is 9.78. The summed E-state index contributed by atoms with van der Waals surface area (Å²) in [5.41, 5.74) is 1.01. The zero-order valence-corrected chi connectivity index (χ0v) is 15.4. The van der Waals surface area contributed by atoms with E-state index in [0.717, 1.165) is 9.87 Å². The molecule has 0 spiro atoms. The number of carbonyl (C=O) groups is 1. The van der Waals surface area contributed by atoms with Crippen molar-refractivity contribution in [3.8, 4) is 11.3 Å². The average molecular weight is 379 g/mol. The molecule has 0 saturated carbocycles. The van der Waals surface area contributed by atoms with E-state index in [1.165, 1.54) is 25.2 Å². The van der Waals surface area contributed by atoms with E-state index < -0.39 is 22.0 Å². The number of carbonyl (C=O) groups excluding carboxylic acids is 1. The summed E-state index contributed by atoms with van der Waals surface area (Å²) in [5, 5.41) is 13.9. The number of β-amino-alcohol motifs (C(OH)–C–C–N with tert-alkyl or cyclic N) is 1. The summed E-state index contributed by atoms with van der Waals surface area (Å²) in [6.07, 6.45) is 0.453. The van der Waals surface area contributed by atoms with Crippen LogP contribution in [0.2, 0.25) is 0 Å². The van der Waals surface area contributed by atoms with Crippen molar-refractivity contribution in [3.05, 3.63) is 42.1 Å². The molecule has 1 fully saturated rings. The Labute approximate surface area is 152 Å². The number of sulfonamides is 1. The van der Waals surface area contributed by atoms with E-state index in [1.807, 2.05) is 30.3 Å². The van der Waals surface area contributed by atoms with Gasteiger partial charge in [0.05, 0.1) is 18.1 Å². The molecule has 26 heavy (non-hydrogen) atoms. The predicted molar refractivity (Wildman–Crippen MR) is 94.8 cm³/mol. The lowest BCUT2D eigenvalue weighted by atomic mass is 10.1. The number of amides is 1. The molecule has 140 valence electrons. The van der Waals surface area contributed by atoms with Gasteiger partial charge in [-0.15, -0.1) is 0 Å². The van der Waals surface area contributed by atoms with E-state index in [-0.39, 0.29) is 24.7 Å². The molecule has 1 aliphatic rings. The van der Waals surface area contributed by atoms with Crippen LogP contribution in [-0.2, 0) is 10.0 Å². The van der Waals surface area contributed by atoms with Gasteiger partial charge in [-0.25, -0.2) is 12.7 Å². The van der Waals surface area contributed by atoms with E-state index >= 15 is 0 Å². The van der Waals surface area contributed by atoms with Crippen LogP contribution < -0.4 is 0 Å². The molecule has 1 saturated heterocycles. The van der Waals surface area contributed by atoms with Crippen LogP contribution in [-0.4, -0.2) is 72.8 Å². The Morgan fingerprint density at radius 1 is 1.31 bits per heavy atom. The van der Waals surface area contributed by atoms with E-state index in [0.29, 0.717) is 11.3 Å². The number of aromatic nitrogens is 1. The number of aliphatic hydroxyl groups excluding tert-OH is 1. The van der Waals surface area contributed by atoms with Gasteiger partial charge in [-0.05, 0) is 0 Å². The van der Waals surface area contributed by atoms with Gasteiger partial charge in [0.15, 0.2) is 5.76 Å². The second-order valence-electron chi connectivity index (χ2n) is 6.53. The van der Waals surface area contributed by atoms with Crippen LogP contribution in [0.4, 0.5) is 0 Å².